The summed E-state index contributed by atoms with van der Waals surface area (Å²) in [5.41, 5.74) is 2.26. The van der Waals surface area contributed by atoms with Crippen LogP contribution >= 0.6 is 11.3 Å². The Labute approximate surface area is 199 Å². The summed E-state index contributed by atoms with van der Waals surface area (Å²) in [5.74, 6) is 1.40. The maximum atomic E-state index is 13.5. The molecule has 34 heavy (non-hydrogen) atoms. The van der Waals surface area contributed by atoms with E-state index in [0.717, 1.165) is 11.3 Å². The Kier molecular flexibility index (Phi) is 7.07. The monoisotopic (exact) mass is 482 g/mol. The van der Waals surface area contributed by atoms with Crippen molar-refractivity contribution in [2.45, 2.75) is 6.42 Å². The number of nitrogens with one attached hydrogen (secondary N) is 1. The quantitative estimate of drug-likeness (QED) is 0.363. The first-order valence-electron chi connectivity index (χ1n) is 10.4. The van der Waals surface area contributed by atoms with E-state index in [0.29, 0.717) is 46.6 Å². The van der Waals surface area contributed by atoms with Crippen LogP contribution in [-0.2, 0) is 11.2 Å². The molecule has 176 valence electrons. The lowest BCUT2D eigenvalue weighted by molar-refractivity contribution is -0.116. The van der Waals surface area contributed by atoms with Crippen LogP contribution in [0.5, 0.6) is 17.2 Å². The third-order valence-electron chi connectivity index (χ3n) is 5.03. The average molecular weight is 483 g/mol. The molecule has 0 aliphatic rings. The number of amides is 1. The Balaban J connectivity index is 1.38. The highest BCUT2D eigenvalue weighted by Crippen LogP contribution is 2.38. The van der Waals surface area contributed by atoms with E-state index in [1.807, 2.05) is 5.38 Å². The Morgan fingerprint density at radius 3 is 2.59 bits per heavy atom. The lowest BCUT2D eigenvalue weighted by atomic mass is 10.1. The Bertz CT molecular complexity index is 1320. The second-order valence-corrected chi connectivity index (χ2v) is 8.04. The molecule has 0 aliphatic heterocycles. The number of carbonyl (C=O) groups excluding carboxylic acids is 1. The number of hydrogen-bond acceptors (Lipinski definition) is 7. The topological polar surface area (TPSA) is 87.0 Å². The first-order valence-corrected chi connectivity index (χ1v) is 11.3. The molecule has 0 radical (unpaired) electrons. The van der Waals surface area contributed by atoms with Crippen molar-refractivity contribution < 1.29 is 23.4 Å². The summed E-state index contributed by atoms with van der Waals surface area (Å²) in [5, 5.41) is 9.30. The van der Waals surface area contributed by atoms with Crippen molar-refractivity contribution in [2.75, 3.05) is 27.9 Å². The van der Waals surface area contributed by atoms with Crippen molar-refractivity contribution in [1.82, 2.24) is 19.9 Å². The summed E-state index contributed by atoms with van der Waals surface area (Å²) in [6.07, 6.45) is 3.68. The molecule has 0 spiro atoms. The third-order valence-corrected chi connectivity index (χ3v) is 5.89. The second kappa shape index (κ2) is 10.3. The first-order chi connectivity index (χ1) is 16.5. The maximum absolute atomic E-state index is 13.5. The van der Waals surface area contributed by atoms with Crippen molar-refractivity contribution in [3.8, 4) is 28.6 Å². The molecule has 1 N–H and O–H groups in total. The van der Waals surface area contributed by atoms with Crippen LogP contribution in [0.1, 0.15) is 11.3 Å². The lowest BCUT2D eigenvalue weighted by Gasteiger charge is -2.12. The van der Waals surface area contributed by atoms with Crippen LogP contribution in [0.2, 0.25) is 0 Å². The zero-order valence-electron chi connectivity index (χ0n) is 18.9. The van der Waals surface area contributed by atoms with E-state index < -0.39 is 0 Å². The van der Waals surface area contributed by atoms with E-state index in [4.69, 9.17) is 14.2 Å². The fourth-order valence-corrected chi connectivity index (χ4v) is 4.24. The Morgan fingerprint density at radius 2 is 1.91 bits per heavy atom. The molecule has 0 atom stereocenters. The van der Waals surface area contributed by atoms with Gasteiger partial charge in [0.1, 0.15) is 5.82 Å². The van der Waals surface area contributed by atoms with Crippen molar-refractivity contribution in [2.24, 2.45) is 0 Å². The number of thiazole rings is 1. The van der Waals surface area contributed by atoms with Gasteiger partial charge in [0, 0.05) is 30.0 Å². The van der Waals surface area contributed by atoms with Gasteiger partial charge in [-0.2, -0.15) is 4.98 Å². The molecule has 0 fully saturated rings. The van der Waals surface area contributed by atoms with Crippen LogP contribution in [0.25, 0.3) is 22.4 Å². The molecule has 0 aliphatic carbocycles. The minimum atomic E-state index is -0.335. The van der Waals surface area contributed by atoms with Crippen LogP contribution in [-0.4, -0.2) is 48.4 Å². The minimum absolute atomic E-state index is 0.237. The first kappa shape index (κ1) is 23.2. The molecular weight excluding hydrogens is 459 g/mol. The number of carbonyl (C=O) groups is 1. The largest absolute Gasteiger partial charge is 0.493 e. The standard InChI is InChI=1S/C24H23FN4O4S/c1-31-19-11-15(12-20(32-2)22(19)33-3)7-8-21(30)26-10-9-18-14-34-24-27-23(28-29(18)24)16-5-4-6-17(25)13-16/h4-8,11-14H,9-10H2,1-3H3,(H,26,30)/b8-7+. The number of fused-ring (bicyclic) bond motifs is 1. The van der Waals surface area contributed by atoms with Gasteiger partial charge in [0.25, 0.3) is 0 Å². The molecule has 10 heteroatoms. The number of ether oxygens (including phenoxy) is 3. The van der Waals surface area contributed by atoms with Gasteiger partial charge in [-0.1, -0.05) is 12.1 Å². The molecule has 2 aromatic carbocycles. The second-order valence-electron chi connectivity index (χ2n) is 7.20. The van der Waals surface area contributed by atoms with E-state index >= 15 is 0 Å². The zero-order chi connectivity index (χ0) is 24.1. The smallest absolute Gasteiger partial charge is 0.244 e. The molecule has 2 heterocycles. The van der Waals surface area contributed by atoms with Crippen LogP contribution in [0, 0.1) is 5.82 Å². The third kappa shape index (κ3) is 5.01. The van der Waals surface area contributed by atoms with Gasteiger partial charge in [-0.3, -0.25) is 4.79 Å². The van der Waals surface area contributed by atoms with Crippen molar-refractivity contribution in [3.63, 3.8) is 0 Å². The maximum Gasteiger partial charge on any atom is 0.244 e. The molecule has 2 aromatic heterocycles. The van der Waals surface area contributed by atoms with Gasteiger partial charge >= 0.3 is 0 Å². The van der Waals surface area contributed by atoms with Gasteiger partial charge in [0.05, 0.1) is 27.0 Å². The van der Waals surface area contributed by atoms with E-state index in [9.17, 15) is 9.18 Å². The minimum Gasteiger partial charge on any atom is -0.493 e. The number of nitrogens with zero attached hydrogens (tertiary/aromatic N) is 3. The number of benzene rings is 2. The highest BCUT2D eigenvalue weighted by Gasteiger charge is 2.13. The molecule has 0 saturated heterocycles. The highest BCUT2D eigenvalue weighted by molar-refractivity contribution is 7.15. The van der Waals surface area contributed by atoms with Gasteiger partial charge in [-0.05, 0) is 35.9 Å². The summed E-state index contributed by atoms with van der Waals surface area (Å²) in [7, 11) is 4.61. The fraction of sp³-hybridized carbons (Fsp3) is 0.208. The molecule has 4 rings (SSSR count). The summed E-state index contributed by atoms with van der Waals surface area (Å²) in [4.78, 5) is 17.5. The predicted molar refractivity (Wildman–Crippen MR) is 128 cm³/mol. The van der Waals surface area contributed by atoms with Gasteiger partial charge in [-0.15, -0.1) is 16.4 Å². The molecule has 0 saturated carbocycles. The molecular formula is C24H23FN4O4S. The average Bonchev–Trinajstić information content (AvgIpc) is 3.43. The number of rotatable bonds is 9. The number of halogens is 1. The van der Waals surface area contributed by atoms with Crippen molar-refractivity contribution in [3.05, 3.63) is 64.9 Å². The van der Waals surface area contributed by atoms with Crippen LogP contribution in [0.15, 0.2) is 47.9 Å². The summed E-state index contributed by atoms with van der Waals surface area (Å²) in [6, 6.07) is 9.69. The molecule has 4 aromatic rings. The summed E-state index contributed by atoms with van der Waals surface area (Å²) >= 11 is 1.44. The summed E-state index contributed by atoms with van der Waals surface area (Å²) < 4.78 is 31.2. The summed E-state index contributed by atoms with van der Waals surface area (Å²) in [6.45, 7) is 0.416. The normalized spacial score (nSPS) is 11.2. The van der Waals surface area contributed by atoms with Crippen LogP contribution < -0.4 is 19.5 Å². The fourth-order valence-electron chi connectivity index (χ4n) is 3.39. The molecule has 0 bridgehead atoms. The highest BCUT2D eigenvalue weighted by atomic mass is 32.1. The SMILES string of the molecule is COc1cc(/C=C/C(=O)NCCc2csc3nc(-c4cccc(F)c4)nn23)cc(OC)c1OC. The van der Waals surface area contributed by atoms with Crippen molar-refractivity contribution in [1.29, 1.82) is 0 Å². The van der Waals surface area contributed by atoms with Crippen LogP contribution in [0.4, 0.5) is 4.39 Å². The van der Waals surface area contributed by atoms with E-state index in [-0.39, 0.29) is 11.7 Å². The number of methoxy groups -OCH3 is 3. The van der Waals surface area contributed by atoms with E-state index in [2.05, 4.69) is 15.4 Å². The predicted octanol–water partition coefficient (Wildman–Crippen LogP) is 3.99. The van der Waals surface area contributed by atoms with Gasteiger partial charge in [-0.25, -0.2) is 8.91 Å². The number of aromatic nitrogens is 3. The molecule has 0 unspecified atom stereocenters. The van der Waals surface area contributed by atoms with Gasteiger partial charge in [0.15, 0.2) is 17.3 Å². The Hall–Kier alpha value is -3.92. The van der Waals surface area contributed by atoms with E-state index in [1.54, 1.807) is 34.9 Å². The molecule has 1 amide bonds. The number of hydrogen-bond donors (Lipinski definition) is 1. The lowest BCUT2D eigenvalue weighted by Crippen LogP contribution is -2.23. The molecule has 8 nitrogen and oxygen atoms in total. The Morgan fingerprint density at radius 1 is 1.15 bits per heavy atom. The van der Waals surface area contributed by atoms with Crippen LogP contribution in [0.3, 0.4) is 0 Å². The zero-order valence-corrected chi connectivity index (χ0v) is 19.7. The van der Waals surface area contributed by atoms with Gasteiger partial charge < -0.3 is 19.5 Å². The van der Waals surface area contributed by atoms with E-state index in [1.165, 1.54) is 50.9 Å². The van der Waals surface area contributed by atoms with Crippen molar-refractivity contribution >= 4 is 28.3 Å². The van der Waals surface area contributed by atoms with Gasteiger partial charge in [0.2, 0.25) is 16.6 Å².